The van der Waals surface area contributed by atoms with E-state index in [1.807, 2.05) is 0 Å². The first kappa shape index (κ1) is 8.47. The SMILES string of the molecule is CCSC1=CC=CCC=C1N. The van der Waals surface area contributed by atoms with E-state index in [1.165, 1.54) is 4.91 Å². The Balaban J connectivity index is 2.71. The minimum Gasteiger partial charge on any atom is -0.398 e. The third-order valence-corrected chi connectivity index (χ3v) is 2.41. The molecule has 0 atom stereocenters. The van der Waals surface area contributed by atoms with Gasteiger partial charge in [-0.2, -0.15) is 0 Å². The third kappa shape index (κ3) is 2.46. The van der Waals surface area contributed by atoms with Gasteiger partial charge in [-0.15, -0.1) is 11.8 Å². The topological polar surface area (TPSA) is 26.0 Å². The molecule has 0 radical (unpaired) electrons. The molecule has 0 saturated carbocycles. The second kappa shape index (κ2) is 4.29. The number of hydrogen-bond acceptors (Lipinski definition) is 2. The average molecular weight is 167 g/mol. The zero-order valence-electron chi connectivity index (χ0n) is 6.71. The molecule has 11 heavy (non-hydrogen) atoms. The van der Waals surface area contributed by atoms with Crippen LogP contribution in [-0.2, 0) is 0 Å². The van der Waals surface area contributed by atoms with Gasteiger partial charge in [0.05, 0.1) is 0 Å². The van der Waals surface area contributed by atoms with Crippen molar-refractivity contribution in [2.75, 3.05) is 5.75 Å². The highest BCUT2D eigenvalue weighted by molar-refractivity contribution is 8.03. The lowest BCUT2D eigenvalue weighted by atomic mass is 10.3. The van der Waals surface area contributed by atoms with Crippen molar-refractivity contribution in [1.29, 1.82) is 0 Å². The van der Waals surface area contributed by atoms with Crippen LogP contribution in [0.25, 0.3) is 0 Å². The van der Waals surface area contributed by atoms with Crippen LogP contribution in [-0.4, -0.2) is 5.75 Å². The molecule has 0 aliphatic heterocycles. The van der Waals surface area contributed by atoms with Crippen molar-refractivity contribution in [3.05, 3.63) is 34.9 Å². The summed E-state index contributed by atoms with van der Waals surface area (Å²) in [4.78, 5) is 1.20. The molecule has 0 amide bonds. The standard InChI is InChI=1S/C9H13NS/c1-2-11-9-7-5-3-4-6-8(9)10/h3,5-7H,2,4,10H2,1H3. The van der Waals surface area contributed by atoms with Crippen molar-refractivity contribution >= 4 is 11.8 Å². The van der Waals surface area contributed by atoms with E-state index in [9.17, 15) is 0 Å². The van der Waals surface area contributed by atoms with Gasteiger partial charge in [-0.05, 0) is 18.2 Å². The summed E-state index contributed by atoms with van der Waals surface area (Å²) in [6.07, 6.45) is 9.26. The summed E-state index contributed by atoms with van der Waals surface area (Å²) in [6.45, 7) is 2.13. The molecule has 0 unspecified atom stereocenters. The van der Waals surface area contributed by atoms with E-state index in [0.29, 0.717) is 0 Å². The van der Waals surface area contributed by atoms with E-state index in [0.717, 1.165) is 17.9 Å². The Bertz CT molecular complexity index is 214. The molecule has 0 aromatic heterocycles. The molecule has 0 heterocycles. The van der Waals surface area contributed by atoms with E-state index in [-0.39, 0.29) is 0 Å². The maximum Gasteiger partial charge on any atom is 0.0414 e. The molecule has 0 spiro atoms. The molecule has 0 aromatic rings. The minimum absolute atomic E-state index is 0.918. The molecule has 1 aliphatic carbocycles. The minimum atomic E-state index is 0.918. The van der Waals surface area contributed by atoms with Gasteiger partial charge in [0, 0.05) is 10.6 Å². The Morgan fingerprint density at radius 3 is 3.18 bits per heavy atom. The zero-order valence-corrected chi connectivity index (χ0v) is 7.53. The number of hydrogen-bond donors (Lipinski definition) is 1. The van der Waals surface area contributed by atoms with E-state index in [4.69, 9.17) is 5.73 Å². The zero-order chi connectivity index (χ0) is 8.10. The number of allylic oxidation sites excluding steroid dienone is 4. The Morgan fingerprint density at radius 2 is 2.45 bits per heavy atom. The van der Waals surface area contributed by atoms with E-state index < -0.39 is 0 Å². The molecule has 0 saturated heterocycles. The largest absolute Gasteiger partial charge is 0.398 e. The average Bonchev–Trinajstić information content (AvgIpc) is 2.18. The summed E-state index contributed by atoms with van der Waals surface area (Å²) >= 11 is 1.79. The Labute approximate surface area is 72.0 Å². The lowest BCUT2D eigenvalue weighted by Crippen LogP contribution is -1.97. The Hall–Kier alpha value is -0.630. The van der Waals surface area contributed by atoms with Crippen LogP contribution in [0.2, 0.25) is 0 Å². The lowest BCUT2D eigenvalue weighted by Gasteiger charge is -2.02. The first-order chi connectivity index (χ1) is 5.34. The summed E-state index contributed by atoms with van der Waals surface area (Å²) in [6, 6.07) is 0. The molecular weight excluding hydrogens is 154 g/mol. The third-order valence-electron chi connectivity index (χ3n) is 1.44. The lowest BCUT2D eigenvalue weighted by molar-refractivity contribution is 1.30. The van der Waals surface area contributed by atoms with Crippen LogP contribution < -0.4 is 5.73 Å². The number of thioether (sulfide) groups is 1. The molecule has 2 heteroatoms. The van der Waals surface area contributed by atoms with E-state index in [2.05, 4.69) is 31.2 Å². The van der Waals surface area contributed by atoms with Crippen molar-refractivity contribution in [1.82, 2.24) is 0 Å². The summed E-state index contributed by atoms with van der Waals surface area (Å²) in [5.41, 5.74) is 6.72. The van der Waals surface area contributed by atoms with Crippen LogP contribution in [0.5, 0.6) is 0 Å². The van der Waals surface area contributed by atoms with Gasteiger partial charge in [0.25, 0.3) is 0 Å². The van der Waals surface area contributed by atoms with E-state index >= 15 is 0 Å². The predicted molar refractivity (Wildman–Crippen MR) is 52.2 cm³/mol. The Morgan fingerprint density at radius 1 is 1.64 bits per heavy atom. The van der Waals surface area contributed by atoms with Crippen molar-refractivity contribution in [2.24, 2.45) is 5.73 Å². The van der Waals surface area contributed by atoms with Crippen LogP contribution in [0.1, 0.15) is 13.3 Å². The summed E-state index contributed by atoms with van der Waals surface area (Å²) < 4.78 is 0. The Kier molecular flexibility index (Phi) is 3.30. The smallest absolute Gasteiger partial charge is 0.0414 e. The molecule has 1 nitrogen and oxygen atoms in total. The predicted octanol–water partition coefficient (Wildman–Crippen LogP) is 2.43. The van der Waals surface area contributed by atoms with Gasteiger partial charge >= 0.3 is 0 Å². The molecule has 0 aromatic carbocycles. The van der Waals surface area contributed by atoms with Crippen molar-refractivity contribution in [3.63, 3.8) is 0 Å². The fraction of sp³-hybridized carbons (Fsp3) is 0.333. The normalized spacial score (nSPS) is 17.2. The molecule has 1 aliphatic rings. The van der Waals surface area contributed by atoms with E-state index in [1.54, 1.807) is 11.8 Å². The maximum absolute atomic E-state index is 5.80. The first-order valence-corrected chi connectivity index (χ1v) is 4.78. The van der Waals surface area contributed by atoms with Gasteiger partial charge in [-0.25, -0.2) is 0 Å². The van der Waals surface area contributed by atoms with Crippen LogP contribution in [0, 0.1) is 0 Å². The molecule has 2 N–H and O–H groups in total. The summed E-state index contributed by atoms with van der Waals surface area (Å²) in [5, 5.41) is 0. The molecule has 1 rings (SSSR count). The van der Waals surface area contributed by atoms with Gasteiger partial charge in [-0.1, -0.05) is 25.2 Å². The maximum atomic E-state index is 5.80. The molecule has 0 fully saturated rings. The summed E-state index contributed by atoms with van der Waals surface area (Å²) in [7, 11) is 0. The monoisotopic (exact) mass is 167 g/mol. The van der Waals surface area contributed by atoms with Gasteiger partial charge in [0.2, 0.25) is 0 Å². The number of rotatable bonds is 2. The summed E-state index contributed by atoms with van der Waals surface area (Å²) in [5.74, 6) is 1.08. The highest BCUT2D eigenvalue weighted by Crippen LogP contribution is 2.22. The fourth-order valence-electron chi connectivity index (χ4n) is 0.913. The van der Waals surface area contributed by atoms with Crippen LogP contribution >= 0.6 is 11.8 Å². The van der Waals surface area contributed by atoms with Gasteiger partial charge in [-0.3, -0.25) is 0 Å². The van der Waals surface area contributed by atoms with Gasteiger partial charge in [0.15, 0.2) is 0 Å². The van der Waals surface area contributed by atoms with Crippen molar-refractivity contribution in [2.45, 2.75) is 13.3 Å². The second-order valence-corrected chi connectivity index (χ2v) is 3.59. The highest BCUT2D eigenvalue weighted by Gasteiger charge is 1.99. The molecule has 60 valence electrons. The number of nitrogens with two attached hydrogens (primary N) is 1. The van der Waals surface area contributed by atoms with Crippen LogP contribution in [0.4, 0.5) is 0 Å². The van der Waals surface area contributed by atoms with Crippen LogP contribution in [0.15, 0.2) is 34.9 Å². The van der Waals surface area contributed by atoms with Crippen molar-refractivity contribution in [3.8, 4) is 0 Å². The van der Waals surface area contributed by atoms with Gasteiger partial charge in [0.1, 0.15) is 0 Å². The molecule has 0 bridgehead atoms. The first-order valence-electron chi connectivity index (χ1n) is 3.80. The second-order valence-electron chi connectivity index (χ2n) is 2.29. The van der Waals surface area contributed by atoms with Gasteiger partial charge < -0.3 is 5.73 Å². The molecular formula is C9H13NS. The van der Waals surface area contributed by atoms with Crippen molar-refractivity contribution < 1.29 is 0 Å². The fourth-order valence-corrected chi connectivity index (χ4v) is 1.65. The van der Waals surface area contributed by atoms with Crippen LogP contribution in [0.3, 0.4) is 0 Å². The highest BCUT2D eigenvalue weighted by atomic mass is 32.2. The quantitative estimate of drug-likeness (QED) is 0.683.